The minimum absolute atomic E-state index is 0.227. The van der Waals surface area contributed by atoms with Gasteiger partial charge in [0.15, 0.2) is 11.0 Å². The first-order valence-electron chi connectivity index (χ1n) is 9.19. The van der Waals surface area contributed by atoms with Crippen LogP contribution in [-0.2, 0) is 12.2 Å². The van der Waals surface area contributed by atoms with Gasteiger partial charge in [-0.1, -0.05) is 46.6 Å². The fourth-order valence-electron chi connectivity index (χ4n) is 2.78. The summed E-state index contributed by atoms with van der Waals surface area (Å²) in [5, 5.41) is 8.39. The molecule has 0 unspecified atom stereocenters. The number of aromatic nitrogens is 3. The van der Waals surface area contributed by atoms with Crippen molar-refractivity contribution in [3.63, 3.8) is 0 Å². The Hall–Kier alpha value is -2.39. The summed E-state index contributed by atoms with van der Waals surface area (Å²) in [7, 11) is 0. The number of rotatable bonds is 7. The van der Waals surface area contributed by atoms with E-state index >= 15 is 0 Å². The second-order valence-corrected chi connectivity index (χ2v) is 9.49. The van der Waals surface area contributed by atoms with E-state index < -0.39 is 0 Å². The number of nitrogens with one attached hydrogen (secondary N) is 1. The summed E-state index contributed by atoms with van der Waals surface area (Å²) < 4.78 is 5.14. The topological polar surface area (TPSA) is 80.9 Å². The molecule has 2 heterocycles. The molecule has 0 fully saturated rings. The molecule has 2 aromatic heterocycles. The lowest BCUT2D eigenvalue weighted by molar-refractivity contribution is 0.102. The lowest BCUT2D eigenvalue weighted by Gasteiger charge is -2.07. The van der Waals surface area contributed by atoms with Gasteiger partial charge in [-0.05, 0) is 36.8 Å². The number of hydrogen-bond acceptors (Lipinski definition) is 7. The van der Waals surface area contributed by atoms with Gasteiger partial charge in [-0.15, -0.1) is 23.1 Å². The number of aryl methyl sites for hydroxylation is 1. The Kier molecular flexibility index (Phi) is 6.92. The van der Waals surface area contributed by atoms with Crippen molar-refractivity contribution in [1.82, 2.24) is 15.1 Å². The van der Waals surface area contributed by atoms with Crippen LogP contribution in [0.25, 0.3) is 0 Å². The van der Waals surface area contributed by atoms with Crippen molar-refractivity contribution < 1.29 is 9.32 Å². The van der Waals surface area contributed by atoms with Crippen molar-refractivity contribution in [3.05, 3.63) is 86.4 Å². The van der Waals surface area contributed by atoms with Crippen molar-refractivity contribution in [2.45, 2.75) is 24.0 Å². The van der Waals surface area contributed by atoms with Gasteiger partial charge in [-0.3, -0.25) is 10.1 Å². The quantitative estimate of drug-likeness (QED) is 0.307. The first-order chi connectivity index (χ1) is 15.0. The Balaban J connectivity index is 1.43. The van der Waals surface area contributed by atoms with Crippen LogP contribution in [0.4, 0.5) is 5.13 Å². The maximum atomic E-state index is 12.9. The third-order valence-corrected chi connectivity index (χ3v) is 6.76. The van der Waals surface area contributed by atoms with Crippen molar-refractivity contribution >= 4 is 57.3 Å². The number of thioether (sulfide) groups is 1. The van der Waals surface area contributed by atoms with E-state index in [2.05, 4.69) is 20.4 Å². The maximum Gasteiger partial charge on any atom is 0.258 e. The van der Waals surface area contributed by atoms with Crippen LogP contribution in [0.5, 0.6) is 0 Å². The number of carbonyl (C=O) groups is 1. The van der Waals surface area contributed by atoms with E-state index in [1.54, 1.807) is 31.3 Å². The van der Waals surface area contributed by atoms with Crippen LogP contribution >= 0.6 is 46.3 Å². The van der Waals surface area contributed by atoms with Crippen LogP contribution in [0, 0.1) is 6.92 Å². The first-order valence-corrected chi connectivity index (χ1v) is 11.7. The molecular weight excluding hydrogens is 475 g/mol. The number of thiazole rings is 1. The number of amides is 1. The molecule has 0 aliphatic rings. The normalized spacial score (nSPS) is 10.9. The predicted molar refractivity (Wildman–Crippen MR) is 124 cm³/mol. The summed E-state index contributed by atoms with van der Waals surface area (Å²) in [5.41, 5.74) is 1.51. The van der Waals surface area contributed by atoms with E-state index in [4.69, 9.17) is 27.7 Å². The van der Waals surface area contributed by atoms with Gasteiger partial charge in [0.2, 0.25) is 5.89 Å². The summed E-state index contributed by atoms with van der Waals surface area (Å²) in [4.78, 5) is 23.2. The van der Waals surface area contributed by atoms with Crippen LogP contribution in [0.15, 0.2) is 58.1 Å². The number of benzene rings is 2. The summed E-state index contributed by atoms with van der Waals surface area (Å²) >= 11 is 15.1. The molecule has 1 amide bonds. The molecule has 0 aliphatic carbocycles. The average Bonchev–Trinajstić information content (AvgIpc) is 3.37. The summed E-state index contributed by atoms with van der Waals surface area (Å²) in [6.45, 7) is 1.77. The highest BCUT2D eigenvalue weighted by atomic mass is 35.5. The SMILES string of the molecule is Cc1noc(CSc2ccccc2C(=O)Nc2ncc(Cc3ccc(Cl)cc3Cl)s2)n1. The Morgan fingerprint density at radius 2 is 2.06 bits per heavy atom. The predicted octanol–water partition coefficient (Wildman–Crippen LogP) is 6.28. The Morgan fingerprint density at radius 1 is 1.23 bits per heavy atom. The highest BCUT2D eigenvalue weighted by molar-refractivity contribution is 7.98. The molecule has 0 saturated heterocycles. The second-order valence-electron chi connectivity index (χ2n) is 6.52. The zero-order chi connectivity index (χ0) is 21.8. The number of hydrogen-bond donors (Lipinski definition) is 1. The number of nitrogens with zero attached hydrogens (tertiary/aromatic N) is 3. The Morgan fingerprint density at radius 3 is 2.84 bits per heavy atom. The molecule has 0 bridgehead atoms. The molecule has 0 atom stereocenters. The van der Waals surface area contributed by atoms with Crippen LogP contribution in [0.3, 0.4) is 0 Å². The van der Waals surface area contributed by atoms with Crippen molar-refractivity contribution in [2.24, 2.45) is 0 Å². The number of carbonyl (C=O) groups excluding carboxylic acids is 1. The van der Waals surface area contributed by atoms with Crippen LogP contribution in [-0.4, -0.2) is 21.0 Å². The molecule has 0 saturated carbocycles. The van der Waals surface area contributed by atoms with Crippen LogP contribution in [0.1, 0.15) is 32.5 Å². The standard InChI is InChI=1S/C21H16Cl2N4O2S2/c1-12-25-19(29-27-12)11-30-18-5-3-2-4-16(18)20(28)26-21-24-10-15(31-21)8-13-6-7-14(22)9-17(13)23/h2-7,9-10H,8,11H2,1H3,(H,24,26,28). The first kappa shape index (κ1) is 21.8. The average molecular weight is 491 g/mol. The van der Waals surface area contributed by atoms with Crippen molar-refractivity contribution in [2.75, 3.05) is 5.32 Å². The molecule has 31 heavy (non-hydrogen) atoms. The van der Waals surface area contributed by atoms with E-state index in [9.17, 15) is 4.79 Å². The van der Waals surface area contributed by atoms with E-state index in [0.717, 1.165) is 15.3 Å². The monoisotopic (exact) mass is 490 g/mol. The highest BCUT2D eigenvalue weighted by Crippen LogP contribution is 2.29. The number of anilines is 1. The summed E-state index contributed by atoms with van der Waals surface area (Å²) in [6, 6.07) is 12.8. The van der Waals surface area contributed by atoms with E-state index in [1.807, 2.05) is 24.3 Å². The lowest BCUT2D eigenvalue weighted by Crippen LogP contribution is -2.12. The van der Waals surface area contributed by atoms with Gasteiger partial charge in [-0.2, -0.15) is 4.98 Å². The van der Waals surface area contributed by atoms with Gasteiger partial charge in [0.05, 0.1) is 11.3 Å². The third-order valence-electron chi connectivity index (χ3n) is 4.21. The smallest absolute Gasteiger partial charge is 0.258 e. The molecule has 10 heteroatoms. The van der Waals surface area contributed by atoms with Gasteiger partial charge < -0.3 is 4.52 Å². The third kappa shape index (κ3) is 5.65. The fraction of sp³-hybridized carbons (Fsp3) is 0.143. The largest absolute Gasteiger partial charge is 0.338 e. The molecule has 4 aromatic rings. The minimum Gasteiger partial charge on any atom is -0.338 e. The molecule has 4 rings (SSSR count). The zero-order valence-corrected chi connectivity index (χ0v) is 19.4. The molecule has 0 spiro atoms. The zero-order valence-electron chi connectivity index (χ0n) is 16.3. The molecule has 158 valence electrons. The molecular formula is C21H16Cl2N4O2S2. The molecule has 0 radical (unpaired) electrons. The van der Waals surface area contributed by atoms with Crippen molar-refractivity contribution in [3.8, 4) is 0 Å². The minimum atomic E-state index is -0.227. The van der Waals surface area contributed by atoms with Gasteiger partial charge in [0.1, 0.15) is 0 Å². The Bertz CT molecular complexity index is 1230. The molecule has 1 N–H and O–H groups in total. The van der Waals surface area contributed by atoms with Gasteiger partial charge >= 0.3 is 0 Å². The summed E-state index contributed by atoms with van der Waals surface area (Å²) in [5.74, 6) is 1.36. The van der Waals surface area contributed by atoms with Crippen LogP contribution in [0.2, 0.25) is 10.0 Å². The van der Waals surface area contributed by atoms with E-state index in [1.165, 1.54) is 23.1 Å². The van der Waals surface area contributed by atoms with E-state index in [-0.39, 0.29) is 5.91 Å². The van der Waals surface area contributed by atoms with Gasteiger partial charge in [-0.25, -0.2) is 4.98 Å². The Labute approximate surface area is 197 Å². The lowest BCUT2D eigenvalue weighted by atomic mass is 10.1. The second kappa shape index (κ2) is 9.82. The van der Waals surface area contributed by atoms with Gasteiger partial charge in [0, 0.05) is 32.4 Å². The van der Waals surface area contributed by atoms with Crippen molar-refractivity contribution in [1.29, 1.82) is 0 Å². The fourth-order valence-corrected chi connectivity index (χ4v) is 4.98. The molecule has 2 aromatic carbocycles. The van der Waals surface area contributed by atoms with Gasteiger partial charge in [0.25, 0.3) is 5.91 Å². The van der Waals surface area contributed by atoms with E-state index in [0.29, 0.717) is 44.6 Å². The van der Waals surface area contributed by atoms with Crippen LogP contribution < -0.4 is 5.32 Å². The number of halogens is 2. The summed E-state index contributed by atoms with van der Waals surface area (Å²) in [6.07, 6.45) is 2.35. The maximum absolute atomic E-state index is 12.9. The molecule has 6 nitrogen and oxygen atoms in total. The highest BCUT2D eigenvalue weighted by Gasteiger charge is 2.15. The molecule has 0 aliphatic heterocycles.